The predicted molar refractivity (Wildman–Crippen MR) is 125 cm³/mol. The number of nitrogens with zero attached hydrogens (tertiary/aromatic N) is 5. The van der Waals surface area contributed by atoms with E-state index < -0.39 is 11.9 Å². The normalized spacial score (nSPS) is 13.1. The average molecular weight is 458 g/mol. The molecule has 172 valence electrons. The van der Waals surface area contributed by atoms with Gasteiger partial charge in [-0.25, -0.2) is 19.7 Å². The van der Waals surface area contributed by atoms with Crippen molar-refractivity contribution in [2.24, 2.45) is 0 Å². The molecule has 4 rings (SSSR count). The molecule has 2 N–H and O–H groups in total. The molecule has 10 heteroatoms. The zero-order valence-corrected chi connectivity index (χ0v) is 18.4. The van der Waals surface area contributed by atoms with Crippen LogP contribution in [-0.4, -0.2) is 65.2 Å². The van der Waals surface area contributed by atoms with Crippen LogP contribution in [0.5, 0.6) is 0 Å². The number of carbonyl (C=O) groups is 2. The van der Waals surface area contributed by atoms with Gasteiger partial charge in [0.05, 0.1) is 30.2 Å². The number of rotatable bonds is 6. The summed E-state index contributed by atoms with van der Waals surface area (Å²) in [5.74, 6) is -1.11. The van der Waals surface area contributed by atoms with Gasteiger partial charge in [-0.05, 0) is 36.4 Å². The Balaban J connectivity index is 1.54. The Labute approximate surface area is 196 Å². The molecule has 0 unspecified atom stereocenters. The number of carboxylic acid groups (broad SMARTS) is 1. The van der Waals surface area contributed by atoms with Crippen molar-refractivity contribution in [2.45, 2.75) is 0 Å². The second kappa shape index (κ2) is 9.97. The first-order valence-corrected chi connectivity index (χ1v) is 10.5. The Hall–Kier alpha value is -4.49. The number of nitriles is 1. The standard InChI is InChI=1S/C24H22N6O4/c1-29(15-25)22(31)17-4-2-16(3-5-17)20-8-9-26-24(28-20)27-18-6-7-21(19(14-18)23(32)33)30-10-12-34-13-11-30/h2-9,14H,10-13H2,1H3,(H,32,33)(H,26,27,28). The SMILES string of the molecule is CN(C#N)C(=O)c1ccc(-c2ccnc(Nc3ccc(N4CCOCC4)c(C(=O)O)c3)n2)cc1. The molecule has 1 saturated heterocycles. The van der Waals surface area contributed by atoms with Gasteiger partial charge in [-0.15, -0.1) is 0 Å². The number of aromatic carboxylic acids is 1. The van der Waals surface area contributed by atoms with Crippen molar-refractivity contribution in [3.05, 3.63) is 65.9 Å². The van der Waals surface area contributed by atoms with Crippen molar-refractivity contribution >= 4 is 29.2 Å². The van der Waals surface area contributed by atoms with Crippen LogP contribution in [0.15, 0.2) is 54.7 Å². The van der Waals surface area contributed by atoms with E-state index in [0.29, 0.717) is 54.9 Å². The number of nitrogens with one attached hydrogen (secondary N) is 1. The molecule has 2 heterocycles. The summed E-state index contributed by atoms with van der Waals surface area (Å²) in [5.41, 5.74) is 3.15. The molecule has 3 aromatic rings. The highest BCUT2D eigenvalue weighted by Crippen LogP contribution is 2.27. The van der Waals surface area contributed by atoms with Crippen LogP contribution >= 0.6 is 0 Å². The highest BCUT2D eigenvalue weighted by Gasteiger charge is 2.19. The fourth-order valence-electron chi connectivity index (χ4n) is 3.60. The van der Waals surface area contributed by atoms with E-state index in [1.165, 1.54) is 7.05 Å². The number of hydrogen-bond donors (Lipinski definition) is 2. The molecule has 10 nitrogen and oxygen atoms in total. The highest BCUT2D eigenvalue weighted by molar-refractivity contribution is 5.96. The van der Waals surface area contributed by atoms with E-state index in [4.69, 9.17) is 10.00 Å². The van der Waals surface area contributed by atoms with Crippen molar-refractivity contribution in [1.82, 2.24) is 14.9 Å². The molecule has 1 aliphatic rings. The molecule has 1 aliphatic heterocycles. The number of ether oxygens (including phenoxy) is 1. The van der Waals surface area contributed by atoms with Crippen LogP contribution in [0.2, 0.25) is 0 Å². The largest absolute Gasteiger partial charge is 0.478 e. The summed E-state index contributed by atoms with van der Waals surface area (Å²) in [6.07, 6.45) is 3.37. The Bertz CT molecular complexity index is 1250. The van der Waals surface area contributed by atoms with Gasteiger partial charge in [-0.1, -0.05) is 12.1 Å². The number of anilines is 3. The number of carboxylic acids is 1. The van der Waals surface area contributed by atoms with Crippen LogP contribution in [0.1, 0.15) is 20.7 Å². The van der Waals surface area contributed by atoms with Crippen molar-refractivity contribution in [3.63, 3.8) is 0 Å². The molecule has 2 aromatic carbocycles. The van der Waals surface area contributed by atoms with Gasteiger partial charge in [0, 0.05) is 43.1 Å². The van der Waals surface area contributed by atoms with Crippen molar-refractivity contribution in [2.75, 3.05) is 43.6 Å². The molecule has 1 aromatic heterocycles. The summed E-state index contributed by atoms with van der Waals surface area (Å²) in [6.45, 7) is 2.39. The van der Waals surface area contributed by atoms with E-state index in [1.807, 2.05) is 4.90 Å². The number of benzene rings is 2. The minimum Gasteiger partial charge on any atom is -0.478 e. The van der Waals surface area contributed by atoms with Crippen LogP contribution in [0.3, 0.4) is 0 Å². The first-order valence-electron chi connectivity index (χ1n) is 10.5. The smallest absolute Gasteiger partial charge is 0.337 e. The lowest BCUT2D eigenvalue weighted by molar-refractivity contribution is 0.0696. The summed E-state index contributed by atoms with van der Waals surface area (Å²) in [4.78, 5) is 35.7. The number of aromatic nitrogens is 2. The summed E-state index contributed by atoms with van der Waals surface area (Å²) in [6, 6.07) is 13.6. The van der Waals surface area contributed by atoms with Gasteiger partial charge in [-0.2, -0.15) is 5.26 Å². The lowest BCUT2D eigenvalue weighted by Crippen LogP contribution is -2.37. The highest BCUT2D eigenvalue weighted by atomic mass is 16.5. The van der Waals surface area contributed by atoms with Crippen LogP contribution < -0.4 is 10.2 Å². The van der Waals surface area contributed by atoms with Gasteiger partial charge in [0.15, 0.2) is 6.19 Å². The van der Waals surface area contributed by atoms with Crippen molar-refractivity contribution in [1.29, 1.82) is 5.26 Å². The fraction of sp³-hybridized carbons (Fsp3) is 0.208. The van der Waals surface area contributed by atoms with Crippen LogP contribution in [-0.2, 0) is 4.74 Å². The van der Waals surface area contributed by atoms with E-state index in [1.54, 1.807) is 60.9 Å². The Morgan fingerprint density at radius 1 is 1.15 bits per heavy atom. The monoisotopic (exact) mass is 458 g/mol. The molecule has 34 heavy (non-hydrogen) atoms. The van der Waals surface area contributed by atoms with E-state index in [0.717, 1.165) is 10.5 Å². The lowest BCUT2D eigenvalue weighted by atomic mass is 10.1. The number of amides is 1. The van der Waals surface area contributed by atoms with E-state index in [-0.39, 0.29) is 5.56 Å². The average Bonchev–Trinajstić information content (AvgIpc) is 2.88. The molecule has 0 aliphatic carbocycles. The number of carbonyl (C=O) groups excluding carboxylic acids is 1. The zero-order chi connectivity index (χ0) is 24.1. The molecule has 0 bridgehead atoms. The fourth-order valence-corrected chi connectivity index (χ4v) is 3.60. The van der Waals surface area contributed by atoms with Gasteiger partial charge < -0.3 is 20.1 Å². The Kier molecular flexibility index (Phi) is 6.66. The predicted octanol–water partition coefficient (Wildman–Crippen LogP) is 2.98. The van der Waals surface area contributed by atoms with E-state index in [2.05, 4.69) is 15.3 Å². The third kappa shape index (κ3) is 4.95. The quantitative estimate of drug-likeness (QED) is 0.423. The molecule has 0 atom stereocenters. The molecule has 0 saturated carbocycles. The van der Waals surface area contributed by atoms with Gasteiger partial charge in [-0.3, -0.25) is 4.79 Å². The molecular weight excluding hydrogens is 436 g/mol. The van der Waals surface area contributed by atoms with E-state index in [9.17, 15) is 14.7 Å². The van der Waals surface area contributed by atoms with Crippen molar-refractivity contribution in [3.8, 4) is 17.5 Å². The third-order valence-corrected chi connectivity index (χ3v) is 5.37. The first kappa shape index (κ1) is 22.7. The molecule has 0 spiro atoms. The minimum absolute atomic E-state index is 0.186. The van der Waals surface area contributed by atoms with Gasteiger partial charge in [0.2, 0.25) is 5.95 Å². The van der Waals surface area contributed by atoms with Crippen molar-refractivity contribution < 1.29 is 19.4 Å². The summed E-state index contributed by atoms with van der Waals surface area (Å²) in [7, 11) is 1.40. The van der Waals surface area contributed by atoms with Gasteiger partial charge in [0.1, 0.15) is 0 Å². The summed E-state index contributed by atoms with van der Waals surface area (Å²) >= 11 is 0. The Morgan fingerprint density at radius 2 is 1.88 bits per heavy atom. The number of hydrogen-bond acceptors (Lipinski definition) is 8. The summed E-state index contributed by atoms with van der Waals surface area (Å²) < 4.78 is 5.36. The maximum Gasteiger partial charge on any atom is 0.337 e. The third-order valence-electron chi connectivity index (χ3n) is 5.37. The maximum absolute atomic E-state index is 12.1. The maximum atomic E-state index is 12.1. The van der Waals surface area contributed by atoms with Crippen LogP contribution in [0.25, 0.3) is 11.3 Å². The van der Waals surface area contributed by atoms with Gasteiger partial charge >= 0.3 is 5.97 Å². The van der Waals surface area contributed by atoms with Crippen LogP contribution in [0, 0.1) is 11.5 Å². The molecule has 1 fully saturated rings. The second-order valence-corrected chi connectivity index (χ2v) is 7.57. The number of morpholine rings is 1. The van der Waals surface area contributed by atoms with Gasteiger partial charge in [0.25, 0.3) is 5.91 Å². The second-order valence-electron chi connectivity index (χ2n) is 7.57. The first-order chi connectivity index (χ1) is 16.5. The molecular formula is C24H22N6O4. The summed E-state index contributed by atoms with van der Waals surface area (Å²) in [5, 5.41) is 21.7. The lowest BCUT2D eigenvalue weighted by Gasteiger charge is -2.30. The van der Waals surface area contributed by atoms with E-state index >= 15 is 0 Å². The zero-order valence-electron chi connectivity index (χ0n) is 18.4. The molecule has 0 radical (unpaired) electrons. The topological polar surface area (TPSA) is 132 Å². The minimum atomic E-state index is -1.02. The Morgan fingerprint density at radius 3 is 2.56 bits per heavy atom. The van der Waals surface area contributed by atoms with Crippen LogP contribution in [0.4, 0.5) is 17.3 Å². The molecule has 1 amide bonds.